The lowest BCUT2D eigenvalue weighted by molar-refractivity contribution is 0.117. The van der Waals surface area contributed by atoms with Crippen molar-refractivity contribution in [2.45, 2.75) is 56.0 Å². The van der Waals surface area contributed by atoms with E-state index in [1.165, 1.54) is 28.5 Å². The van der Waals surface area contributed by atoms with Gasteiger partial charge < -0.3 is 15.0 Å². The minimum Gasteiger partial charge on any atom is -0.475 e. The quantitative estimate of drug-likeness (QED) is 0.706. The van der Waals surface area contributed by atoms with E-state index < -0.39 is 15.7 Å². The number of aryl methyl sites for hydroxylation is 2. The Balaban J connectivity index is 1.37. The van der Waals surface area contributed by atoms with Crippen LogP contribution in [0.3, 0.4) is 0 Å². The first-order chi connectivity index (χ1) is 14.8. The molecule has 0 saturated heterocycles. The van der Waals surface area contributed by atoms with E-state index >= 15 is 0 Å². The van der Waals surface area contributed by atoms with Crippen molar-refractivity contribution in [1.29, 1.82) is 0 Å². The number of fused-ring (bicyclic) bond motifs is 3. The second-order valence-corrected chi connectivity index (χ2v) is 10.9. The maximum Gasteiger partial charge on any atom is 0.330 e. The SMILES string of the molecule is C=S(=O)(NC(=O)Nc1c2c(cc3c1CCC3)CCC2)c1cnn2c1OC[C@@H](N(C)C)C2. The summed E-state index contributed by atoms with van der Waals surface area (Å²) in [5.41, 5.74) is 6.04. The van der Waals surface area contributed by atoms with Crippen molar-refractivity contribution in [1.82, 2.24) is 19.4 Å². The molecule has 9 heteroatoms. The summed E-state index contributed by atoms with van der Waals surface area (Å²) >= 11 is 0. The van der Waals surface area contributed by atoms with Gasteiger partial charge >= 0.3 is 6.03 Å². The normalized spacial score (nSPS) is 21.1. The molecular formula is C22H29N5O3S. The maximum atomic E-state index is 13.4. The van der Waals surface area contributed by atoms with Gasteiger partial charge in [0.1, 0.15) is 11.5 Å². The minimum atomic E-state index is -3.13. The maximum absolute atomic E-state index is 13.4. The van der Waals surface area contributed by atoms with Crippen molar-refractivity contribution in [3.8, 4) is 5.88 Å². The van der Waals surface area contributed by atoms with Gasteiger partial charge in [-0.15, -0.1) is 0 Å². The molecule has 2 heterocycles. The van der Waals surface area contributed by atoms with Gasteiger partial charge in [0.05, 0.1) is 28.5 Å². The number of likely N-dealkylation sites (N-methyl/N-ethyl adjacent to an activating group) is 1. The summed E-state index contributed by atoms with van der Waals surface area (Å²) in [6.07, 6.45) is 7.74. The summed E-state index contributed by atoms with van der Waals surface area (Å²) in [6.45, 7) is 1.10. The van der Waals surface area contributed by atoms with E-state index in [0.717, 1.165) is 44.2 Å². The van der Waals surface area contributed by atoms with Gasteiger partial charge in [0.15, 0.2) is 0 Å². The number of ether oxygens (including phenoxy) is 1. The van der Waals surface area contributed by atoms with Crippen LogP contribution in [0.5, 0.6) is 5.88 Å². The number of nitrogens with one attached hydrogen (secondary N) is 2. The zero-order valence-electron chi connectivity index (χ0n) is 18.1. The van der Waals surface area contributed by atoms with Crippen LogP contribution in [0.4, 0.5) is 10.5 Å². The molecule has 0 saturated carbocycles. The fourth-order valence-electron chi connectivity index (χ4n) is 4.91. The number of benzene rings is 1. The van der Waals surface area contributed by atoms with E-state index in [1.54, 1.807) is 4.68 Å². The van der Waals surface area contributed by atoms with Gasteiger partial charge in [0.2, 0.25) is 5.88 Å². The van der Waals surface area contributed by atoms with E-state index in [9.17, 15) is 9.00 Å². The van der Waals surface area contributed by atoms with Crippen LogP contribution < -0.4 is 14.8 Å². The van der Waals surface area contributed by atoms with E-state index in [-0.39, 0.29) is 6.04 Å². The molecule has 1 aromatic heterocycles. The zero-order chi connectivity index (χ0) is 21.8. The van der Waals surface area contributed by atoms with Crippen LogP contribution in [0.2, 0.25) is 0 Å². The average molecular weight is 444 g/mol. The Labute approximate surface area is 183 Å². The number of hydrogen-bond donors (Lipinski definition) is 2. The Morgan fingerprint density at radius 2 is 1.90 bits per heavy atom. The first-order valence-corrected chi connectivity index (χ1v) is 12.5. The molecule has 5 rings (SSSR count). The van der Waals surface area contributed by atoms with Gasteiger partial charge in [-0.2, -0.15) is 5.10 Å². The Kier molecular flexibility index (Phi) is 4.97. The Morgan fingerprint density at radius 3 is 2.55 bits per heavy atom. The molecule has 2 atom stereocenters. The van der Waals surface area contributed by atoms with Crippen LogP contribution in [-0.2, 0) is 41.9 Å². The molecule has 0 fully saturated rings. The number of hydrogen-bond acceptors (Lipinski definition) is 5. The number of anilines is 1. The molecule has 31 heavy (non-hydrogen) atoms. The summed E-state index contributed by atoms with van der Waals surface area (Å²) in [6, 6.07) is 1.99. The molecule has 166 valence electrons. The number of carbonyl (C=O) groups is 1. The van der Waals surface area contributed by atoms with Crippen LogP contribution in [0.15, 0.2) is 17.2 Å². The van der Waals surface area contributed by atoms with Crippen LogP contribution >= 0.6 is 0 Å². The second kappa shape index (κ2) is 7.56. The van der Waals surface area contributed by atoms with Crippen molar-refractivity contribution in [2.24, 2.45) is 0 Å². The lowest BCUT2D eigenvalue weighted by Crippen LogP contribution is -2.41. The van der Waals surface area contributed by atoms with Gasteiger partial charge in [-0.05, 0) is 80.7 Å². The molecule has 1 unspecified atom stereocenters. The highest BCUT2D eigenvalue weighted by Crippen LogP contribution is 2.38. The van der Waals surface area contributed by atoms with E-state index in [1.807, 2.05) is 14.1 Å². The summed E-state index contributed by atoms with van der Waals surface area (Å²) in [4.78, 5) is 15.3. The minimum absolute atomic E-state index is 0.180. The predicted molar refractivity (Wildman–Crippen MR) is 121 cm³/mol. The molecule has 0 bridgehead atoms. The molecule has 0 spiro atoms. The fourth-order valence-corrected chi connectivity index (χ4v) is 6.03. The number of nitrogens with zero attached hydrogens (tertiary/aromatic N) is 3. The Morgan fingerprint density at radius 1 is 1.23 bits per heavy atom. The van der Waals surface area contributed by atoms with Gasteiger partial charge in [0, 0.05) is 5.69 Å². The molecule has 1 aromatic carbocycles. The zero-order valence-corrected chi connectivity index (χ0v) is 18.9. The lowest BCUT2D eigenvalue weighted by atomic mass is 9.99. The molecule has 2 aromatic rings. The summed E-state index contributed by atoms with van der Waals surface area (Å²) in [7, 11) is 0.839. The van der Waals surface area contributed by atoms with Crippen molar-refractivity contribution >= 4 is 27.3 Å². The summed E-state index contributed by atoms with van der Waals surface area (Å²) in [5, 5.41) is 7.33. The third kappa shape index (κ3) is 3.59. The van der Waals surface area contributed by atoms with Gasteiger partial charge in [-0.25, -0.2) is 13.7 Å². The van der Waals surface area contributed by atoms with E-state index in [2.05, 4.69) is 32.0 Å². The van der Waals surface area contributed by atoms with Crippen molar-refractivity contribution in [2.75, 3.05) is 26.0 Å². The molecule has 2 N–H and O–H groups in total. The largest absolute Gasteiger partial charge is 0.475 e. The van der Waals surface area contributed by atoms with Gasteiger partial charge in [0.25, 0.3) is 0 Å². The third-order valence-electron chi connectivity index (χ3n) is 6.61. The van der Waals surface area contributed by atoms with Crippen LogP contribution in [0.1, 0.15) is 35.1 Å². The first-order valence-electron chi connectivity index (χ1n) is 10.8. The summed E-state index contributed by atoms with van der Waals surface area (Å²) in [5.74, 6) is 4.23. The molecule has 2 amide bonds. The molecule has 3 aliphatic rings. The number of carbonyl (C=O) groups excluding carboxylic acids is 1. The summed E-state index contributed by atoms with van der Waals surface area (Å²) < 4.78 is 23.5. The highest BCUT2D eigenvalue weighted by Gasteiger charge is 2.30. The van der Waals surface area contributed by atoms with Gasteiger partial charge in [-0.3, -0.25) is 4.72 Å². The van der Waals surface area contributed by atoms with Gasteiger partial charge in [-0.1, -0.05) is 6.07 Å². The number of amides is 2. The Bertz CT molecular complexity index is 1120. The monoisotopic (exact) mass is 443 g/mol. The lowest BCUT2D eigenvalue weighted by Gasteiger charge is -2.29. The van der Waals surface area contributed by atoms with E-state index in [0.29, 0.717) is 23.9 Å². The molecule has 8 nitrogen and oxygen atoms in total. The fraction of sp³-hybridized carbons (Fsp3) is 0.500. The van der Waals surface area contributed by atoms with Crippen molar-refractivity contribution in [3.05, 3.63) is 34.5 Å². The molecule has 2 aliphatic carbocycles. The average Bonchev–Trinajstić information content (AvgIpc) is 3.45. The second-order valence-electron chi connectivity index (χ2n) is 8.89. The number of aromatic nitrogens is 2. The van der Waals surface area contributed by atoms with Crippen LogP contribution in [-0.4, -0.2) is 57.5 Å². The van der Waals surface area contributed by atoms with Crippen LogP contribution in [0.25, 0.3) is 0 Å². The highest BCUT2D eigenvalue weighted by atomic mass is 32.2. The molecular weight excluding hydrogens is 414 g/mol. The highest BCUT2D eigenvalue weighted by molar-refractivity contribution is 7.99. The molecule has 0 radical (unpaired) electrons. The van der Waals surface area contributed by atoms with Crippen molar-refractivity contribution < 1.29 is 13.7 Å². The Hall–Kier alpha value is -2.52. The van der Waals surface area contributed by atoms with E-state index in [4.69, 9.17) is 4.74 Å². The predicted octanol–water partition coefficient (Wildman–Crippen LogP) is 2.00. The topological polar surface area (TPSA) is 88.5 Å². The molecule has 1 aliphatic heterocycles. The standard InChI is InChI=1S/C22H29N5O3S/c1-26(2)16-12-27-21(30-13-16)19(11-23-27)31(3,29)25-22(28)24-20-17-8-4-6-14(17)10-15-7-5-9-18(15)20/h10-11,16H,3-9,12-13H2,1-2H3,(H2,24,25,28,29)/t16-,31?/m0/s1. The van der Waals surface area contributed by atoms with Crippen molar-refractivity contribution in [3.63, 3.8) is 0 Å². The smallest absolute Gasteiger partial charge is 0.330 e. The number of rotatable bonds is 4. The van der Waals surface area contributed by atoms with Crippen LogP contribution in [0, 0.1) is 0 Å². The number of urea groups is 1. The third-order valence-corrected chi connectivity index (χ3v) is 8.12. The first kappa shape index (κ1) is 20.4.